The Balaban J connectivity index is 2.44. The van der Waals surface area contributed by atoms with E-state index in [2.05, 4.69) is 5.32 Å². The molecule has 3 N–H and O–H groups in total. The van der Waals surface area contributed by atoms with Gasteiger partial charge in [0.15, 0.2) is 0 Å². The van der Waals surface area contributed by atoms with Crippen LogP contribution in [0.4, 0.5) is 11.4 Å². The minimum absolute atomic E-state index is 0.0585. The number of nitrogen functional groups attached to an aromatic ring is 1. The zero-order valence-corrected chi connectivity index (χ0v) is 11.7. The number of carbonyl (C=O) groups is 1. The Bertz CT molecular complexity index is 447. The summed E-state index contributed by atoms with van der Waals surface area (Å²) in [4.78, 5) is 11.7. The Morgan fingerprint density at radius 2 is 2.17 bits per heavy atom. The number of anilines is 2. The van der Waals surface area contributed by atoms with Crippen LogP contribution >= 0.6 is 0 Å². The molecule has 0 spiro atoms. The van der Waals surface area contributed by atoms with Gasteiger partial charge in [0.25, 0.3) is 0 Å². The third kappa shape index (κ3) is 4.87. The summed E-state index contributed by atoms with van der Waals surface area (Å²) in [6.07, 6.45) is 1.04. The molecule has 0 aromatic heterocycles. The molecule has 100 valence electrons. The number of carbonyl (C=O) groups excluding carboxylic acids is 1. The number of nitrogens with two attached hydrogens (primary N) is 1. The number of hydrogen-bond donors (Lipinski definition) is 2. The van der Waals surface area contributed by atoms with Crippen molar-refractivity contribution in [1.29, 1.82) is 0 Å². The lowest BCUT2D eigenvalue weighted by Crippen LogP contribution is -2.13. The number of aryl methyl sites for hydroxylation is 1. The van der Waals surface area contributed by atoms with Gasteiger partial charge >= 0.3 is 0 Å². The van der Waals surface area contributed by atoms with E-state index in [1.54, 1.807) is 12.1 Å². The van der Waals surface area contributed by atoms with E-state index < -0.39 is 10.8 Å². The predicted octanol–water partition coefficient (Wildman–Crippen LogP) is 2.06. The van der Waals surface area contributed by atoms with Crippen LogP contribution in [0.15, 0.2) is 18.2 Å². The van der Waals surface area contributed by atoms with Crippen LogP contribution in [0.2, 0.25) is 0 Å². The molecule has 0 heterocycles. The highest BCUT2D eigenvalue weighted by molar-refractivity contribution is 7.84. The van der Waals surface area contributed by atoms with Crippen LogP contribution < -0.4 is 11.1 Å². The van der Waals surface area contributed by atoms with Gasteiger partial charge in [0.05, 0.1) is 0 Å². The molecule has 1 unspecified atom stereocenters. The smallest absolute Gasteiger partial charge is 0.224 e. The number of hydrogen-bond acceptors (Lipinski definition) is 3. The van der Waals surface area contributed by atoms with Gasteiger partial charge in [-0.25, -0.2) is 0 Å². The molecule has 1 aromatic carbocycles. The SMILES string of the molecule is CCS(=O)CCCC(=O)Nc1cc(N)ccc1C. The average Bonchev–Trinajstić information content (AvgIpc) is 2.33. The van der Waals surface area contributed by atoms with E-state index in [1.807, 2.05) is 19.9 Å². The Labute approximate surface area is 110 Å². The van der Waals surface area contributed by atoms with Gasteiger partial charge in [-0.05, 0) is 31.0 Å². The van der Waals surface area contributed by atoms with Crippen LogP contribution in [0, 0.1) is 6.92 Å². The van der Waals surface area contributed by atoms with Crippen molar-refractivity contribution < 1.29 is 9.00 Å². The highest BCUT2D eigenvalue weighted by Crippen LogP contribution is 2.18. The molecule has 0 aliphatic carbocycles. The van der Waals surface area contributed by atoms with Crippen LogP contribution in [0.5, 0.6) is 0 Å². The molecule has 0 aliphatic heterocycles. The summed E-state index contributed by atoms with van der Waals surface area (Å²) in [6, 6.07) is 5.42. The summed E-state index contributed by atoms with van der Waals surface area (Å²) in [6.45, 7) is 3.80. The third-order valence-corrected chi connectivity index (χ3v) is 4.02. The molecule has 18 heavy (non-hydrogen) atoms. The van der Waals surface area contributed by atoms with Gasteiger partial charge in [-0.3, -0.25) is 9.00 Å². The Kier molecular flexibility index (Phi) is 5.85. The molecule has 1 amide bonds. The summed E-state index contributed by atoms with van der Waals surface area (Å²) in [5.41, 5.74) is 8.03. The van der Waals surface area contributed by atoms with E-state index in [9.17, 15) is 9.00 Å². The first-order valence-corrected chi connectivity index (χ1v) is 7.52. The summed E-state index contributed by atoms with van der Waals surface area (Å²) in [5.74, 6) is 1.17. The first-order valence-electron chi connectivity index (χ1n) is 6.04. The van der Waals surface area contributed by atoms with E-state index in [1.165, 1.54) is 0 Å². The van der Waals surface area contributed by atoms with Crippen LogP contribution in [-0.2, 0) is 15.6 Å². The normalized spacial score (nSPS) is 12.1. The first-order chi connectivity index (χ1) is 8.52. The maximum Gasteiger partial charge on any atom is 0.224 e. The van der Waals surface area contributed by atoms with Crippen molar-refractivity contribution >= 4 is 28.1 Å². The lowest BCUT2D eigenvalue weighted by Gasteiger charge is -2.09. The fraction of sp³-hybridized carbons (Fsp3) is 0.462. The molecule has 0 radical (unpaired) electrons. The summed E-state index contributed by atoms with van der Waals surface area (Å²) < 4.78 is 11.2. The van der Waals surface area contributed by atoms with E-state index in [4.69, 9.17) is 5.73 Å². The highest BCUT2D eigenvalue weighted by Gasteiger charge is 2.06. The molecule has 0 fully saturated rings. The van der Waals surface area contributed by atoms with Gasteiger partial charge in [-0.2, -0.15) is 0 Å². The van der Waals surface area contributed by atoms with Crippen molar-refractivity contribution in [1.82, 2.24) is 0 Å². The monoisotopic (exact) mass is 268 g/mol. The van der Waals surface area contributed by atoms with E-state index >= 15 is 0 Å². The number of rotatable bonds is 6. The molecule has 0 bridgehead atoms. The standard InChI is InChI=1S/C13H20N2O2S/c1-3-18(17)8-4-5-13(16)15-12-9-11(14)7-6-10(12)2/h6-7,9H,3-5,8,14H2,1-2H3,(H,15,16). The molecule has 5 heteroatoms. The van der Waals surface area contributed by atoms with Gasteiger partial charge in [0.2, 0.25) is 5.91 Å². The lowest BCUT2D eigenvalue weighted by molar-refractivity contribution is -0.116. The largest absolute Gasteiger partial charge is 0.399 e. The molecule has 0 saturated carbocycles. The van der Waals surface area contributed by atoms with E-state index in [0.29, 0.717) is 30.0 Å². The number of amides is 1. The van der Waals surface area contributed by atoms with E-state index in [0.717, 1.165) is 11.3 Å². The van der Waals surface area contributed by atoms with Crippen molar-refractivity contribution in [2.24, 2.45) is 0 Å². The van der Waals surface area contributed by atoms with Crippen molar-refractivity contribution in [3.05, 3.63) is 23.8 Å². The molecule has 1 aromatic rings. The second-order valence-corrected chi connectivity index (χ2v) is 6.02. The van der Waals surface area contributed by atoms with Crippen molar-refractivity contribution in [2.45, 2.75) is 26.7 Å². The molecular formula is C13H20N2O2S. The van der Waals surface area contributed by atoms with Crippen LogP contribution in [0.25, 0.3) is 0 Å². The fourth-order valence-corrected chi connectivity index (χ4v) is 2.28. The van der Waals surface area contributed by atoms with E-state index in [-0.39, 0.29) is 5.91 Å². The van der Waals surface area contributed by atoms with Crippen molar-refractivity contribution in [3.63, 3.8) is 0 Å². The minimum Gasteiger partial charge on any atom is -0.399 e. The molecule has 1 atom stereocenters. The molecule has 0 saturated heterocycles. The zero-order chi connectivity index (χ0) is 13.5. The minimum atomic E-state index is -0.798. The Morgan fingerprint density at radius 3 is 2.83 bits per heavy atom. The van der Waals surface area contributed by atoms with Gasteiger partial charge in [0.1, 0.15) is 0 Å². The van der Waals surface area contributed by atoms with Crippen LogP contribution in [0.3, 0.4) is 0 Å². The summed E-state index contributed by atoms with van der Waals surface area (Å²) >= 11 is 0. The first kappa shape index (κ1) is 14.7. The quantitative estimate of drug-likeness (QED) is 0.776. The second-order valence-electron chi connectivity index (χ2n) is 4.16. The average molecular weight is 268 g/mol. The molecule has 4 nitrogen and oxygen atoms in total. The van der Waals surface area contributed by atoms with Gasteiger partial charge < -0.3 is 11.1 Å². The number of nitrogens with one attached hydrogen (secondary N) is 1. The maximum absolute atomic E-state index is 11.7. The summed E-state index contributed by atoms with van der Waals surface area (Å²) in [5, 5.41) is 2.82. The topological polar surface area (TPSA) is 72.2 Å². The van der Waals surface area contributed by atoms with Gasteiger partial charge in [-0.15, -0.1) is 0 Å². The lowest BCUT2D eigenvalue weighted by atomic mass is 10.1. The van der Waals surface area contributed by atoms with Crippen molar-refractivity contribution in [3.8, 4) is 0 Å². The molecular weight excluding hydrogens is 248 g/mol. The van der Waals surface area contributed by atoms with Gasteiger partial charge in [-0.1, -0.05) is 13.0 Å². The van der Waals surface area contributed by atoms with Crippen LogP contribution in [0.1, 0.15) is 25.3 Å². The maximum atomic E-state index is 11.7. The fourth-order valence-electron chi connectivity index (χ4n) is 1.53. The Hall–Kier alpha value is -1.36. The number of benzene rings is 1. The highest BCUT2D eigenvalue weighted by atomic mass is 32.2. The third-order valence-electron chi connectivity index (χ3n) is 2.63. The van der Waals surface area contributed by atoms with Crippen molar-refractivity contribution in [2.75, 3.05) is 22.6 Å². The predicted molar refractivity (Wildman–Crippen MR) is 77.0 cm³/mol. The molecule has 1 rings (SSSR count). The Morgan fingerprint density at radius 1 is 1.44 bits per heavy atom. The molecule has 0 aliphatic rings. The summed E-state index contributed by atoms with van der Waals surface area (Å²) in [7, 11) is -0.798. The van der Waals surface area contributed by atoms with Gasteiger partial charge in [0, 0.05) is 40.1 Å². The zero-order valence-electron chi connectivity index (χ0n) is 10.9. The van der Waals surface area contributed by atoms with Crippen LogP contribution in [-0.4, -0.2) is 21.6 Å². The second kappa shape index (κ2) is 7.16.